The van der Waals surface area contributed by atoms with E-state index in [2.05, 4.69) is 26.3 Å². The SMILES string of the molecule is O=C(c1cnn2c1N[C@H](c1ccc(Br)cc1)C[C@@H]2C(F)(F)F)N1CCOCC1. The summed E-state index contributed by atoms with van der Waals surface area (Å²) in [6.07, 6.45) is -3.45. The lowest BCUT2D eigenvalue weighted by molar-refractivity contribution is -0.173. The molecule has 3 heterocycles. The van der Waals surface area contributed by atoms with Gasteiger partial charge >= 0.3 is 6.18 Å². The van der Waals surface area contributed by atoms with Crippen LogP contribution in [-0.2, 0) is 4.74 Å². The Kier molecular flexibility index (Phi) is 5.09. The molecular formula is C18H18BrF3N4O2. The second kappa shape index (κ2) is 7.40. The van der Waals surface area contributed by atoms with Crippen molar-refractivity contribution in [1.29, 1.82) is 0 Å². The van der Waals surface area contributed by atoms with Gasteiger partial charge in [-0.3, -0.25) is 4.79 Å². The zero-order valence-electron chi connectivity index (χ0n) is 14.7. The Bertz CT molecular complexity index is 863. The van der Waals surface area contributed by atoms with Crippen LogP contribution in [0.15, 0.2) is 34.9 Å². The van der Waals surface area contributed by atoms with Crippen molar-refractivity contribution in [1.82, 2.24) is 14.7 Å². The van der Waals surface area contributed by atoms with Crippen molar-refractivity contribution in [3.63, 3.8) is 0 Å². The molecule has 2 aromatic rings. The van der Waals surface area contributed by atoms with Gasteiger partial charge in [-0.05, 0) is 17.7 Å². The van der Waals surface area contributed by atoms with Crippen molar-refractivity contribution in [2.24, 2.45) is 0 Å². The van der Waals surface area contributed by atoms with Crippen LogP contribution in [0.2, 0.25) is 0 Å². The quantitative estimate of drug-likeness (QED) is 0.743. The Morgan fingerprint density at radius 1 is 1.21 bits per heavy atom. The van der Waals surface area contributed by atoms with Crippen molar-refractivity contribution < 1.29 is 22.7 Å². The Balaban J connectivity index is 1.70. The molecule has 10 heteroatoms. The number of carbonyl (C=O) groups excluding carboxylic acids is 1. The number of benzene rings is 1. The average Bonchev–Trinajstić information content (AvgIpc) is 3.11. The molecule has 6 nitrogen and oxygen atoms in total. The van der Waals surface area contributed by atoms with Crippen molar-refractivity contribution in [2.75, 3.05) is 31.6 Å². The molecular weight excluding hydrogens is 441 g/mol. The summed E-state index contributed by atoms with van der Waals surface area (Å²) in [7, 11) is 0. The number of alkyl halides is 3. The molecule has 1 fully saturated rings. The van der Waals surface area contributed by atoms with Gasteiger partial charge in [0.05, 0.1) is 25.5 Å². The summed E-state index contributed by atoms with van der Waals surface area (Å²) in [5.74, 6) is -0.229. The number of nitrogens with zero attached hydrogens (tertiary/aromatic N) is 3. The monoisotopic (exact) mass is 458 g/mol. The summed E-state index contributed by atoms with van der Waals surface area (Å²) in [5, 5.41) is 7.02. The molecule has 1 saturated heterocycles. The molecule has 1 aromatic carbocycles. The second-order valence-corrected chi connectivity index (χ2v) is 7.71. The van der Waals surface area contributed by atoms with Crippen molar-refractivity contribution >= 4 is 27.7 Å². The highest BCUT2D eigenvalue weighted by atomic mass is 79.9. The largest absolute Gasteiger partial charge is 0.410 e. The third-order valence-electron chi connectivity index (χ3n) is 5.04. The summed E-state index contributed by atoms with van der Waals surface area (Å²) in [6.45, 7) is 1.63. The van der Waals surface area contributed by atoms with Crippen LogP contribution in [0.3, 0.4) is 0 Å². The standard InChI is InChI=1S/C18H18BrF3N4O2/c19-12-3-1-11(2-4-12)14-9-15(18(20,21)22)26-16(24-14)13(10-23-26)17(27)25-5-7-28-8-6-25/h1-4,10,14-15,24H,5-9H2/t14-,15+/m0/s1. The molecule has 1 N–H and O–H groups in total. The number of aromatic nitrogens is 2. The van der Waals surface area contributed by atoms with Gasteiger partial charge in [-0.15, -0.1) is 0 Å². The molecule has 0 spiro atoms. The van der Waals surface area contributed by atoms with Crippen LogP contribution in [0.4, 0.5) is 19.0 Å². The van der Waals surface area contributed by atoms with E-state index in [4.69, 9.17) is 4.74 Å². The summed E-state index contributed by atoms with van der Waals surface area (Å²) >= 11 is 3.33. The van der Waals surface area contributed by atoms with E-state index in [1.165, 1.54) is 6.20 Å². The number of fused-ring (bicyclic) bond motifs is 1. The number of rotatable bonds is 2. The van der Waals surface area contributed by atoms with Gasteiger partial charge in [-0.1, -0.05) is 28.1 Å². The van der Waals surface area contributed by atoms with Crippen LogP contribution >= 0.6 is 15.9 Å². The van der Waals surface area contributed by atoms with Gasteiger partial charge in [0, 0.05) is 24.0 Å². The Morgan fingerprint density at radius 3 is 2.54 bits per heavy atom. The summed E-state index contributed by atoms with van der Waals surface area (Å²) < 4.78 is 48.2. The number of amides is 1. The van der Waals surface area contributed by atoms with Crippen LogP contribution in [0.25, 0.3) is 0 Å². The maximum absolute atomic E-state index is 13.7. The molecule has 0 bridgehead atoms. The highest BCUT2D eigenvalue weighted by Crippen LogP contribution is 2.44. The van der Waals surface area contributed by atoms with Gasteiger partial charge in [-0.2, -0.15) is 18.3 Å². The van der Waals surface area contributed by atoms with E-state index in [9.17, 15) is 18.0 Å². The molecule has 4 rings (SSSR count). The number of nitrogens with one attached hydrogen (secondary N) is 1. The smallest absolute Gasteiger partial charge is 0.378 e. The predicted octanol–water partition coefficient (Wildman–Crippen LogP) is 3.78. The minimum absolute atomic E-state index is 0.109. The topological polar surface area (TPSA) is 59.4 Å². The van der Waals surface area contributed by atoms with Gasteiger partial charge in [0.25, 0.3) is 5.91 Å². The van der Waals surface area contributed by atoms with E-state index in [0.717, 1.165) is 14.7 Å². The molecule has 0 saturated carbocycles. The average molecular weight is 459 g/mol. The molecule has 0 unspecified atom stereocenters. The summed E-state index contributed by atoms with van der Waals surface area (Å²) in [5.41, 5.74) is 0.868. The molecule has 0 radical (unpaired) electrons. The van der Waals surface area contributed by atoms with Crippen molar-refractivity contribution in [3.05, 3.63) is 46.1 Å². The summed E-state index contributed by atoms with van der Waals surface area (Å²) in [6, 6.07) is 4.72. The normalized spacial score (nSPS) is 22.5. The first-order valence-electron chi connectivity index (χ1n) is 8.88. The zero-order valence-corrected chi connectivity index (χ0v) is 16.3. The summed E-state index contributed by atoms with van der Waals surface area (Å²) in [4.78, 5) is 14.4. The highest BCUT2D eigenvalue weighted by molar-refractivity contribution is 9.10. The fraction of sp³-hybridized carbons (Fsp3) is 0.444. The van der Waals surface area contributed by atoms with Gasteiger partial charge in [0.1, 0.15) is 11.4 Å². The lowest BCUT2D eigenvalue weighted by atomic mass is 9.96. The van der Waals surface area contributed by atoms with Crippen LogP contribution in [-0.4, -0.2) is 53.1 Å². The second-order valence-electron chi connectivity index (χ2n) is 6.80. The van der Waals surface area contributed by atoms with Gasteiger partial charge in [-0.25, -0.2) is 4.68 Å². The molecule has 2 aliphatic rings. The van der Waals surface area contributed by atoms with E-state index < -0.39 is 18.3 Å². The third-order valence-corrected chi connectivity index (χ3v) is 5.57. The van der Waals surface area contributed by atoms with Gasteiger partial charge in [0.2, 0.25) is 0 Å². The minimum Gasteiger partial charge on any atom is -0.378 e. The van der Waals surface area contributed by atoms with E-state index in [1.54, 1.807) is 29.2 Å². The van der Waals surface area contributed by atoms with Crippen molar-refractivity contribution in [2.45, 2.75) is 24.7 Å². The molecule has 2 aliphatic heterocycles. The molecule has 2 atom stereocenters. The van der Waals surface area contributed by atoms with Crippen LogP contribution in [0.1, 0.15) is 34.4 Å². The number of anilines is 1. The van der Waals surface area contributed by atoms with Crippen LogP contribution in [0, 0.1) is 0 Å². The lowest BCUT2D eigenvalue weighted by Crippen LogP contribution is -2.41. The molecule has 0 aliphatic carbocycles. The zero-order chi connectivity index (χ0) is 19.9. The van der Waals surface area contributed by atoms with Gasteiger partial charge in [0.15, 0.2) is 6.04 Å². The first kappa shape index (κ1) is 19.3. The molecule has 150 valence electrons. The molecule has 1 amide bonds. The predicted molar refractivity (Wildman–Crippen MR) is 99.2 cm³/mol. The number of halogens is 4. The maximum atomic E-state index is 13.7. The highest BCUT2D eigenvalue weighted by Gasteiger charge is 2.47. The maximum Gasteiger partial charge on any atom is 0.410 e. The molecule has 28 heavy (non-hydrogen) atoms. The van der Waals surface area contributed by atoms with Crippen LogP contribution < -0.4 is 5.32 Å². The fourth-order valence-corrected chi connectivity index (χ4v) is 3.83. The lowest BCUT2D eigenvalue weighted by Gasteiger charge is -2.34. The number of hydrogen-bond donors (Lipinski definition) is 1. The fourth-order valence-electron chi connectivity index (χ4n) is 3.57. The van der Waals surface area contributed by atoms with E-state index in [0.29, 0.717) is 26.3 Å². The number of morpholine rings is 1. The Morgan fingerprint density at radius 2 is 1.89 bits per heavy atom. The van der Waals surface area contributed by atoms with E-state index in [-0.39, 0.29) is 23.7 Å². The molecule has 1 aromatic heterocycles. The number of hydrogen-bond acceptors (Lipinski definition) is 4. The van der Waals surface area contributed by atoms with E-state index >= 15 is 0 Å². The van der Waals surface area contributed by atoms with Gasteiger partial charge < -0.3 is 15.0 Å². The minimum atomic E-state index is -4.48. The third kappa shape index (κ3) is 3.62. The van der Waals surface area contributed by atoms with Crippen LogP contribution in [0.5, 0.6) is 0 Å². The Labute approximate surface area is 167 Å². The Hall–Kier alpha value is -2.07. The number of ether oxygens (including phenoxy) is 1. The first-order valence-corrected chi connectivity index (χ1v) is 9.67. The number of carbonyl (C=O) groups is 1. The van der Waals surface area contributed by atoms with Crippen molar-refractivity contribution in [3.8, 4) is 0 Å². The first-order chi connectivity index (χ1) is 13.3. The van der Waals surface area contributed by atoms with E-state index in [1.807, 2.05) is 0 Å².